The number of aromatic amines is 1. The van der Waals surface area contributed by atoms with Gasteiger partial charge in [0.25, 0.3) is 0 Å². The molecule has 3 aromatic heterocycles. The fraction of sp³-hybridized carbons (Fsp3) is 0.333. The van der Waals surface area contributed by atoms with Gasteiger partial charge in [-0.3, -0.25) is 0 Å². The van der Waals surface area contributed by atoms with Crippen LogP contribution < -0.4 is 10.2 Å². The summed E-state index contributed by atoms with van der Waals surface area (Å²) in [4.78, 5) is 20.6. The molecule has 0 atom stereocenters. The zero-order valence-corrected chi connectivity index (χ0v) is 16.8. The molecule has 1 aliphatic heterocycles. The summed E-state index contributed by atoms with van der Waals surface area (Å²) in [5.41, 5.74) is 0.861. The van der Waals surface area contributed by atoms with Gasteiger partial charge in [-0.25, -0.2) is 13.8 Å². The number of piperazine rings is 1. The van der Waals surface area contributed by atoms with E-state index in [4.69, 9.17) is 11.6 Å². The molecule has 0 radical (unpaired) electrons. The van der Waals surface area contributed by atoms with E-state index in [0.29, 0.717) is 33.9 Å². The molecule has 2 N–H and O–H groups in total. The van der Waals surface area contributed by atoms with Crippen LogP contribution in [0.3, 0.4) is 0 Å². The molecule has 1 aliphatic rings. The molecule has 4 aromatic rings. The highest BCUT2D eigenvalue weighted by Gasteiger charge is 2.20. The van der Waals surface area contributed by atoms with Crippen molar-refractivity contribution in [2.75, 3.05) is 43.4 Å². The largest absolute Gasteiger partial charge is 0.347 e. The highest BCUT2D eigenvalue weighted by molar-refractivity contribution is 6.33. The Morgan fingerprint density at radius 3 is 2.73 bits per heavy atom. The Bertz CT molecular complexity index is 1230. The fourth-order valence-corrected chi connectivity index (χ4v) is 3.58. The third-order valence-electron chi connectivity index (χ3n) is 5.11. The minimum atomic E-state index is -0.976. The van der Waals surface area contributed by atoms with Crippen LogP contribution in [0.1, 0.15) is 5.82 Å². The van der Waals surface area contributed by atoms with Gasteiger partial charge in [0.15, 0.2) is 17.3 Å². The molecular formula is C18H18ClF2N9. The Labute approximate surface area is 174 Å². The molecule has 4 heterocycles. The Morgan fingerprint density at radius 2 is 1.93 bits per heavy atom. The van der Waals surface area contributed by atoms with E-state index < -0.39 is 11.6 Å². The number of hydrogen-bond donors (Lipinski definition) is 2. The van der Waals surface area contributed by atoms with Crippen LogP contribution in [0, 0.1) is 11.6 Å². The summed E-state index contributed by atoms with van der Waals surface area (Å²) in [6.07, 6.45) is 1.50. The Morgan fingerprint density at radius 1 is 1.13 bits per heavy atom. The molecule has 156 valence electrons. The molecule has 1 saturated heterocycles. The van der Waals surface area contributed by atoms with Crippen LogP contribution in [-0.2, 0) is 6.54 Å². The number of benzene rings is 1. The number of anilines is 2. The van der Waals surface area contributed by atoms with E-state index in [1.54, 1.807) is 0 Å². The fourth-order valence-electron chi connectivity index (χ4n) is 3.42. The first-order valence-electron chi connectivity index (χ1n) is 9.41. The standard InChI is InChI=1S/C18H18ClF2N9/c1-28-4-6-29(7-5-28)18-26-16-10(19)8-23-30(16)17(27-18)22-9-13-24-12-3-2-11(20)14(21)15(12)25-13/h2-3,8H,4-7,9H2,1H3,(H,24,25)(H,22,26,27). The van der Waals surface area contributed by atoms with Crippen molar-refractivity contribution >= 4 is 40.2 Å². The summed E-state index contributed by atoms with van der Waals surface area (Å²) >= 11 is 6.26. The molecule has 1 aromatic carbocycles. The lowest BCUT2D eigenvalue weighted by Gasteiger charge is -2.32. The van der Waals surface area contributed by atoms with Crippen molar-refractivity contribution in [3.05, 3.63) is 40.8 Å². The van der Waals surface area contributed by atoms with Gasteiger partial charge in [0.05, 0.1) is 18.3 Å². The highest BCUT2D eigenvalue weighted by atomic mass is 35.5. The molecule has 0 spiro atoms. The summed E-state index contributed by atoms with van der Waals surface area (Å²) < 4.78 is 28.9. The average molecular weight is 434 g/mol. The smallest absolute Gasteiger partial charge is 0.230 e. The lowest BCUT2D eigenvalue weighted by Crippen LogP contribution is -2.45. The molecule has 9 nitrogen and oxygen atoms in total. The van der Waals surface area contributed by atoms with Crippen molar-refractivity contribution in [3.63, 3.8) is 0 Å². The van der Waals surface area contributed by atoms with E-state index in [9.17, 15) is 8.78 Å². The molecule has 12 heteroatoms. The van der Waals surface area contributed by atoms with Crippen molar-refractivity contribution in [2.45, 2.75) is 6.54 Å². The van der Waals surface area contributed by atoms with Crippen molar-refractivity contribution in [1.82, 2.24) is 34.4 Å². The highest BCUT2D eigenvalue weighted by Crippen LogP contribution is 2.23. The second kappa shape index (κ2) is 7.33. The van der Waals surface area contributed by atoms with Gasteiger partial charge in [-0.1, -0.05) is 11.6 Å². The summed E-state index contributed by atoms with van der Waals surface area (Å²) in [6, 6.07) is 2.51. The quantitative estimate of drug-likeness (QED) is 0.510. The van der Waals surface area contributed by atoms with E-state index >= 15 is 0 Å². The van der Waals surface area contributed by atoms with Crippen LogP contribution in [0.25, 0.3) is 16.7 Å². The summed E-state index contributed by atoms with van der Waals surface area (Å²) in [6.45, 7) is 3.61. The van der Waals surface area contributed by atoms with Gasteiger partial charge in [0.2, 0.25) is 11.9 Å². The second-order valence-electron chi connectivity index (χ2n) is 7.16. The predicted octanol–water partition coefficient (Wildman–Crippen LogP) is 2.30. The van der Waals surface area contributed by atoms with Gasteiger partial charge >= 0.3 is 0 Å². The maximum Gasteiger partial charge on any atom is 0.230 e. The minimum absolute atomic E-state index is 0.0418. The van der Waals surface area contributed by atoms with Crippen LogP contribution >= 0.6 is 11.6 Å². The van der Waals surface area contributed by atoms with E-state index in [-0.39, 0.29) is 12.1 Å². The van der Waals surface area contributed by atoms with E-state index in [0.717, 1.165) is 32.2 Å². The van der Waals surface area contributed by atoms with E-state index in [1.807, 2.05) is 0 Å². The molecular weight excluding hydrogens is 416 g/mol. The molecule has 5 rings (SSSR count). The molecule has 0 aliphatic carbocycles. The zero-order chi connectivity index (χ0) is 20.8. The Kier molecular flexibility index (Phi) is 4.63. The van der Waals surface area contributed by atoms with Gasteiger partial charge < -0.3 is 20.1 Å². The van der Waals surface area contributed by atoms with Crippen LogP contribution in [0.5, 0.6) is 0 Å². The normalized spacial score (nSPS) is 15.4. The van der Waals surface area contributed by atoms with Gasteiger partial charge in [-0.05, 0) is 19.2 Å². The lowest BCUT2D eigenvalue weighted by molar-refractivity contribution is 0.311. The number of likely N-dealkylation sites (N-methyl/N-ethyl adjacent to an activating group) is 1. The lowest BCUT2D eigenvalue weighted by atomic mass is 10.3. The Balaban J connectivity index is 1.45. The van der Waals surface area contributed by atoms with Crippen molar-refractivity contribution in [2.24, 2.45) is 0 Å². The van der Waals surface area contributed by atoms with Crippen LogP contribution in [-0.4, -0.2) is 67.7 Å². The SMILES string of the molecule is CN1CCN(c2nc(NCc3nc4c(F)c(F)ccc4[nH]3)n3ncc(Cl)c3n2)CC1. The number of nitrogens with one attached hydrogen (secondary N) is 2. The number of aromatic nitrogens is 6. The molecule has 0 amide bonds. The number of nitrogens with zero attached hydrogens (tertiary/aromatic N) is 7. The first-order chi connectivity index (χ1) is 14.5. The summed E-state index contributed by atoms with van der Waals surface area (Å²) in [5, 5.41) is 7.79. The van der Waals surface area contributed by atoms with Gasteiger partial charge in [-0.2, -0.15) is 19.6 Å². The minimum Gasteiger partial charge on any atom is -0.347 e. The summed E-state index contributed by atoms with van der Waals surface area (Å²) in [5.74, 6) is -0.503. The maximum absolute atomic E-state index is 13.9. The number of imidazole rings is 1. The van der Waals surface area contributed by atoms with Gasteiger partial charge in [0, 0.05) is 26.2 Å². The van der Waals surface area contributed by atoms with Crippen molar-refractivity contribution in [3.8, 4) is 0 Å². The topological polar surface area (TPSA) is 90.3 Å². The van der Waals surface area contributed by atoms with E-state index in [1.165, 1.54) is 16.8 Å². The average Bonchev–Trinajstić information content (AvgIpc) is 3.34. The molecule has 30 heavy (non-hydrogen) atoms. The van der Waals surface area contributed by atoms with E-state index in [2.05, 4.69) is 47.2 Å². The van der Waals surface area contributed by atoms with Crippen LogP contribution in [0.15, 0.2) is 18.3 Å². The molecule has 0 bridgehead atoms. The number of fused-ring (bicyclic) bond motifs is 2. The second-order valence-corrected chi connectivity index (χ2v) is 7.57. The van der Waals surface area contributed by atoms with Crippen molar-refractivity contribution in [1.29, 1.82) is 0 Å². The first kappa shape index (κ1) is 18.9. The maximum atomic E-state index is 13.9. The van der Waals surface area contributed by atoms with Gasteiger partial charge in [-0.15, -0.1) is 0 Å². The Hall–Kier alpha value is -3.05. The molecule has 0 saturated carbocycles. The number of halogens is 3. The third kappa shape index (κ3) is 3.29. The van der Waals surface area contributed by atoms with Gasteiger partial charge in [0.1, 0.15) is 16.4 Å². The zero-order valence-electron chi connectivity index (χ0n) is 16.0. The third-order valence-corrected chi connectivity index (χ3v) is 5.37. The summed E-state index contributed by atoms with van der Waals surface area (Å²) in [7, 11) is 2.07. The first-order valence-corrected chi connectivity index (χ1v) is 9.78. The number of H-pyrrole nitrogens is 1. The predicted molar refractivity (Wildman–Crippen MR) is 109 cm³/mol. The number of rotatable bonds is 4. The van der Waals surface area contributed by atoms with Crippen LogP contribution in [0.2, 0.25) is 5.02 Å². The molecule has 1 fully saturated rings. The van der Waals surface area contributed by atoms with Crippen molar-refractivity contribution < 1.29 is 8.78 Å². The molecule has 0 unspecified atom stereocenters. The number of hydrogen-bond acceptors (Lipinski definition) is 7. The monoisotopic (exact) mass is 433 g/mol. The van der Waals surface area contributed by atoms with Crippen LogP contribution in [0.4, 0.5) is 20.7 Å².